The molecule has 22 heavy (non-hydrogen) atoms. The maximum Gasteiger partial charge on any atom is 0.240 e. The number of aryl methyl sites for hydroxylation is 1. The Morgan fingerprint density at radius 1 is 1.41 bits per heavy atom. The highest BCUT2D eigenvalue weighted by molar-refractivity contribution is 7.89. The molecule has 1 heterocycles. The molecular weight excluding hydrogens is 302 g/mol. The van der Waals surface area contributed by atoms with Gasteiger partial charge in [0.15, 0.2) is 0 Å². The smallest absolute Gasteiger partial charge is 0.240 e. The van der Waals surface area contributed by atoms with Crippen molar-refractivity contribution in [2.24, 2.45) is 0 Å². The molecule has 0 unspecified atom stereocenters. The van der Waals surface area contributed by atoms with Crippen molar-refractivity contribution in [1.29, 1.82) is 0 Å². The standard InChI is InChI=1S/C16H25NO4S/c1-11(2)14-9-16(12(3)8-15(14)20-4)22(18,19)17-10-13-6-5-7-21-13/h8-9,11,13,17H,5-7,10H2,1-4H3/t13-/m1/s1. The van der Waals surface area contributed by atoms with Gasteiger partial charge in [-0.05, 0) is 48.9 Å². The minimum absolute atomic E-state index is 0.0158. The van der Waals surface area contributed by atoms with Gasteiger partial charge in [-0.25, -0.2) is 13.1 Å². The van der Waals surface area contributed by atoms with E-state index >= 15 is 0 Å². The summed E-state index contributed by atoms with van der Waals surface area (Å²) < 4.78 is 38.6. The first-order valence-corrected chi connectivity index (χ1v) is 9.13. The Kier molecular flexibility index (Phi) is 5.47. The number of hydrogen-bond acceptors (Lipinski definition) is 4. The summed E-state index contributed by atoms with van der Waals surface area (Å²) in [6, 6.07) is 3.51. The van der Waals surface area contributed by atoms with Crippen molar-refractivity contribution in [3.05, 3.63) is 23.3 Å². The first kappa shape index (κ1) is 17.2. The van der Waals surface area contributed by atoms with Gasteiger partial charge in [0.05, 0.1) is 18.1 Å². The number of nitrogens with one attached hydrogen (secondary N) is 1. The van der Waals surface area contributed by atoms with E-state index in [1.165, 1.54) is 0 Å². The summed E-state index contributed by atoms with van der Waals surface area (Å²) in [6.07, 6.45) is 1.88. The highest BCUT2D eigenvalue weighted by Crippen LogP contribution is 2.31. The molecule has 1 atom stereocenters. The maximum absolute atomic E-state index is 12.6. The average Bonchev–Trinajstić information content (AvgIpc) is 2.97. The lowest BCUT2D eigenvalue weighted by atomic mass is 10.0. The number of ether oxygens (including phenoxy) is 2. The third kappa shape index (κ3) is 3.80. The average molecular weight is 327 g/mol. The van der Waals surface area contributed by atoms with Gasteiger partial charge >= 0.3 is 0 Å². The Morgan fingerprint density at radius 2 is 2.14 bits per heavy atom. The van der Waals surface area contributed by atoms with E-state index in [-0.39, 0.29) is 12.0 Å². The SMILES string of the molecule is COc1cc(C)c(S(=O)(=O)NC[C@H]2CCCO2)cc1C(C)C. The molecule has 6 heteroatoms. The van der Waals surface area contributed by atoms with Crippen molar-refractivity contribution in [2.75, 3.05) is 20.3 Å². The van der Waals surface area contributed by atoms with E-state index in [2.05, 4.69) is 4.72 Å². The molecule has 2 rings (SSSR count). The van der Waals surface area contributed by atoms with Crippen molar-refractivity contribution in [1.82, 2.24) is 4.72 Å². The molecule has 1 aromatic rings. The molecule has 0 aromatic heterocycles. The summed E-state index contributed by atoms with van der Waals surface area (Å²) in [4.78, 5) is 0.315. The lowest BCUT2D eigenvalue weighted by Gasteiger charge is -2.17. The topological polar surface area (TPSA) is 64.6 Å². The van der Waals surface area contributed by atoms with Gasteiger partial charge in [-0.3, -0.25) is 0 Å². The molecule has 0 saturated carbocycles. The fourth-order valence-corrected chi connectivity index (χ4v) is 4.01. The Morgan fingerprint density at radius 3 is 2.68 bits per heavy atom. The van der Waals surface area contributed by atoms with Crippen LogP contribution in [0.5, 0.6) is 5.75 Å². The highest BCUT2D eigenvalue weighted by Gasteiger charge is 2.23. The Bertz CT molecular complexity index is 619. The fourth-order valence-electron chi connectivity index (χ4n) is 2.68. The molecule has 124 valence electrons. The molecule has 5 nitrogen and oxygen atoms in total. The van der Waals surface area contributed by atoms with Gasteiger partial charge < -0.3 is 9.47 Å². The van der Waals surface area contributed by atoms with Gasteiger partial charge in [0.1, 0.15) is 5.75 Å². The zero-order valence-corrected chi connectivity index (χ0v) is 14.5. The summed E-state index contributed by atoms with van der Waals surface area (Å²) >= 11 is 0. The van der Waals surface area contributed by atoms with Crippen LogP contribution in [0.4, 0.5) is 0 Å². The summed E-state index contributed by atoms with van der Waals surface area (Å²) in [7, 11) is -1.94. The third-order valence-electron chi connectivity index (χ3n) is 3.96. The van der Waals surface area contributed by atoms with Gasteiger partial charge in [-0.2, -0.15) is 0 Å². The largest absolute Gasteiger partial charge is 0.496 e. The minimum Gasteiger partial charge on any atom is -0.496 e. The third-order valence-corrected chi connectivity index (χ3v) is 5.53. The van der Waals surface area contributed by atoms with Gasteiger partial charge in [-0.1, -0.05) is 13.8 Å². The van der Waals surface area contributed by atoms with Crippen LogP contribution in [-0.4, -0.2) is 34.8 Å². The molecule has 1 aliphatic heterocycles. The molecule has 1 N–H and O–H groups in total. The van der Waals surface area contributed by atoms with Crippen LogP contribution in [-0.2, 0) is 14.8 Å². The van der Waals surface area contributed by atoms with Crippen LogP contribution in [0.2, 0.25) is 0 Å². The molecule has 1 aliphatic rings. The van der Waals surface area contributed by atoms with Gasteiger partial charge in [0.25, 0.3) is 0 Å². The van der Waals surface area contributed by atoms with Crippen LogP contribution >= 0.6 is 0 Å². The molecule has 1 saturated heterocycles. The Labute approximate surface area is 133 Å². The molecule has 0 radical (unpaired) electrons. The number of benzene rings is 1. The van der Waals surface area contributed by atoms with Crippen molar-refractivity contribution in [2.45, 2.75) is 50.5 Å². The highest BCUT2D eigenvalue weighted by atomic mass is 32.2. The maximum atomic E-state index is 12.6. The van der Waals surface area contributed by atoms with Crippen molar-refractivity contribution >= 4 is 10.0 Å². The monoisotopic (exact) mass is 327 g/mol. The van der Waals surface area contributed by atoms with E-state index in [1.807, 2.05) is 13.8 Å². The fraction of sp³-hybridized carbons (Fsp3) is 0.625. The first-order valence-electron chi connectivity index (χ1n) is 7.65. The molecule has 1 aromatic carbocycles. The number of sulfonamides is 1. The van der Waals surface area contributed by atoms with E-state index in [0.717, 1.165) is 24.2 Å². The van der Waals surface area contributed by atoms with Crippen LogP contribution in [0.1, 0.15) is 43.7 Å². The molecular formula is C16H25NO4S. The molecule has 0 aliphatic carbocycles. The van der Waals surface area contributed by atoms with Crippen LogP contribution < -0.4 is 9.46 Å². The second-order valence-corrected chi connectivity index (χ2v) is 7.74. The van der Waals surface area contributed by atoms with E-state index in [4.69, 9.17) is 9.47 Å². The van der Waals surface area contributed by atoms with Crippen molar-refractivity contribution in [3.63, 3.8) is 0 Å². The van der Waals surface area contributed by atoms with Crippen LogP contribution in [0, 0.1) is 6.92 Å². The molecule has 0 bridgehead atoms. The number of hydrogen-bond donors (Lipinski definition) is 1. The molecule has 0 amide bonds. The first-order chi connectivity index (χ1) is 10.3. The lowest BCUT2D eigenvalue weighted by molar-refractivity contribution is 0.114. The summed E-state index contributed by atoms with van der Waals surface area (Å²) in [5, 5.41) is 0. The van der Waals surface area contributed by atoms with Crippen LogP contribution in [0.15, 0.2) is 17.0 Å². The Balaban J connectivity index is 2.27. The normalized spacial score (nSPS) is 18.9. The second kappa shape index (κ2) is 6.98. The predicted octanol–water partition coefficient (Wildman–Crippen LogP) is 2.58. The van der Waals surface area contributed by atoms with Crippen LogP contribution in [0.3, 0.4) is 0 Å². The summed E-state index contributed by atoms with van der Waals surface area (Å²) in [5.41, 5.74) is 1.58. The zero-order chi connectivity index (χ0) is 16.3. The van der Waals surface area contributed by atoms with E-state index in [1.54, 1.807) is 26.2 Å². The number of methoxy groups -OCH3 is 1. The van der Waals surface area contributed by atoms with E-state index in [0.29, 0.717) is 23.6 Å². The summed E-state index contributed by atoms with van der Waals surface area (Å²) in [6.45, 7) is 6.86. The van der Waals surface area contributed by atoms with Crippen molar-refractivity contribution < 1.29 is 17.9 Å². The zero-order valence-electron chi connectivity index (χ0n) is 13.7. The summed E-state index contributed by atoms with van der Waals surface area (Å²) in [5.74, 6) is 0.910. The van der Waals surface area contributed by atoms with Gasteiger partial charge in [-0.15, -0.1) is 0 Å². The molecule has 0 spiro atoms. The minimum atomic E-state index is -3.54. The lowest BCUT2D eigenvalue weighted by Crippen LogP contribution is -2.32. The Hall–Kier alpha value is -1.11. The second-order valence-electron chi connectivity index (χ2n) is 6.00. The van der Waals surface area contributed by atoms with Crippen LogP contribution in [0.25, 0.3) is 0 Å². The van der Waals surface area contributed by atoms with E-state index < -0.39 is 10.0 Å². The quantitative estimate of drug-likeness (QED) is 0.872. The molecule has 1 fully saturated rings. The predicted molar refractivity (Wildman–Crippen MR) is 86.0 cm³/mol. The van der Waals surface area contributed by atoms with Gasteiger partial charge in [0.2, 0.25) is 10.0 Å². The van der Waals surface area contributed by atoms with Gasteiger partial charge in [0, 0.05) is 13.2 Å². The van der Waals surface area contributed by atoms with Crippen molar-refractivity contribution in [3.8, 4) is 5.75 Å². The number of rotatable bonds is 6. The van der Waals surface area contributed by atoms with E-state index in [9.17, 15) is 8.42 Å².